The Labute approximate surface area is 178 Å². The third-order valence-corrected chi connectivity index (χ3v) is 5.54. The number of benzene rings is 1. The topological polar surface area (TPSA) is 62.9 Å². The first-order valence-electron chi connectivity index (χ1n) is 9.27. The van der Waals surface area contributed by atoms with Gasteiger partial charge in [-0.1, -0.05) is 11.6 Å². The van der Waals surface area contributed by atoms with E-state index in [4.69, 9.17) is 16.3 Å². The Hall–Kier alpha value is -2.26. The molecule has 30 heavy (non-hydrogen) atoms. The third kappa shape index (κ3) is 4.57. The van der Waals surface area contributed by atoms with E-state index in [9.17, 15) is 18.3 Å². The summed E-state index contributed by atoms with van der Waals surface area (Å²) in [5.41, 5.74) is -2.06. The predicted octanol–water partition coefficient (Wildman–Crippen LogP) is 4.53. The molecule has 10 heteroatoms. The zero-order chi connectivity index (χ0) is 22.9. The van der Waals surface area contributed by atoms with Crippen molar-refractivity contribution in [3.8, 4) is 5.75 Å². The zero-order valence-electron chi connectivity index (χ0n) is 17.8. The monoisotopic (exact) mass is 446 g/mol. The van der Waals surface area contributed by atoms with Gasteiger partial charge in [0.25, 0.3) is 0 Å². The van der Waals surface area contributed by atoms with Crippen LogP contribution in [0.25, 0.3) is 0 Å². The minimum Gasteiger partial charge on any atom is -0.496 e. The first kappa shape index (κ1) is 24.0. The molecule has 0 aliphatic carbocycles. The Kier molecular flexibility index (Phi) is 7.08. The number of halogens is 4. The van der Waals surface area contributed by atoms with Crippen LogP contribution in [0.2, 0.25) is 5.02 Å². The molecule has 2 rings (SSSR count). The van der Waals surface area contributed by atoms with Crippen LogP contribution in [0.3, 0.4) is 0 Å². The van der Waals surface area contributed by atoms with Gasteiger partial charge < -0.3 is 14.7 Å². The molecule has 1 aromatic heterocycles. The number of methoxy groups -OCH3 is 1. The molecule has 0 saturated heterocycles. The van der Waals surface area contributed by atoms with E-state index in [0.717, 1.165) is 11.2 Å². The molecule has 1 heterocycles. The van der Waals surface area contributed by atoms with Crippen LogP contribution in [0.15, 0.2) is 17.1 Å². The van der Waals surface area contributed by atoms with Crippen molar-refractivity contribution in [2.45, 2.75) is 46.0 Å². The molecule has 0 aliphatic rings. The number of aromatic nitrogens is 2. The van der Waals surface area contributed by atoms with Crippen LogP contribution in [0.4, 0.5) is 18.9 Å². The fourth-order valence-electron chi connectivity index (χ4n) is 2.92. The maximum atomic E-state index is 14.1. The van der Waals surface area contributed by atoms with Crippen LogP contribution in [-0.2, 0) is 12.1 Å². The predicted molar refractivity (Wildman–Crippen MR) is 111 cm³/mol. The smallest absolute Gasteiger partial charge is 0.423 e. The summed E-state index contributed by atoms with van der Waals surface area (Å²) in [6.07, 6.45) is -3.42. The molecule has 0 aliphatic heterocycles. The molecular formula is C20H26ClF3N4O2. The Balaban J connectivity index is 2.63. The number of hydrogen-bond acceptors (Lipinski definition) is 4. The number of ether oxygens (including phenoxy) is 1. The standard InChI is InChI=1S/C20H26ClF3N4O2/c1-7-27(5)11-25-16-9-17(30-6)15(8-12(16)2)19(29,20(22,23)24)10-28-14(4)18(21)13(3)26-28/h8-9,11,29H,7,10H2,1-6H3/b25-11+. The average Bonchev–Trinajstić information content (AvgIpc) is 2.91. The summed E-state index contributed by atoms with van der Waals surface area (Å²) in [7, 11) is 3.07. The SMILES string of the molecule is CCN(C)/C=N/c1cc(OC)c(C(O)(Cn2nc(C)c(Cl)c2C)C(F)(F)F)cc1C. The summed E-state index contributed by atoms with van der Waals surface area (Å²) in [6, 6.07) is 2.63. The molecular weight excluding hydrogens is 421 g/mol. The molecule has 1 N–H and O–H groups in total. The number of nitrogens with zero attached hydrogens (tertiary/aromatic N) is 4. The van der Waals surface area contributed by atoms with Crippen molar-refractivity contribution in [3.05, 3.63) is 39.7 Å². The minimum absolute atomic E-state index is 0.126. The number of aliphatic hydroxyl groups is 1. The van der Waals surface area contributed by atoms with E-state index in [-0.39, 0.29) is 10.8 Å². The van der Waals surface area contributed by atoms with Crippen molar-refractivity contribution in [1.82, 2.24) is 14.7 Å². The molecule has 1 aromatic carbocycles. The molecule has 166 valence electrons. The second-order valence-electron chi connectivity index (χ2n) is 7.16. The lowest BCUT2D eigenvalue weighted by molar-refractivity contribution is -0.273. The summed E-state index contributed by atoms with van der Waals surface area (Å²) in [5, 5.41) is 15.2. The zero-order valence-corrected chi connectivity index (χ0v) is 18.6. The second-order valence-corrected chi connectivity index (χ2v) is 7.54. The fourth-order valence-corrected chi connectivity index (χ4v) is 3.06. The quantitative estimate of drug-likeness (QED) is 0.501. The molecule has 0 bridgehead atoms. The van der Waals surface area contributed by atoms with Crippen molar-refractivity contribution < 1.29 is 23.0 Å². The van der Waals surface area contributed by atoms with Crippen molar-refractivity contribution in [2.24, 2.45) is 4.99 Å². The van der Waals surface area contributed by atoms with Crippen LogP contribution in [0, 0.1) is 20.8 Å². The summed E-state index contributed by atoms with van der Waals surface area (Å²) in [6.45, 7) is 6.55. The van der Waals surface area contributed by atoms with Gasteiger partial charge in [-0.3, -0.25) is 4.68 Å². The van der Waals surface area contributed by atoms with Gasteiger partial charge >= 0.3 is 6.18 Å². The summed E-state index contributed by atoms with van der Waals surface area (Å²) >= 11 is 6.07. The van der Waals surface area contributed by atoms with E-state index in [1.807, 2.05) is 18.9 Å². The molecule has 0 saturated carbocycles. The van der Waals surface area contributed by atoms with E-state index >= 15 is 0 Å². The van der Waals surface area contributed by atoms with Gasteiger partial charge in [0, 0.05) is 25.2 Å². The van der Waals surface area contributed by atoms with Crippen LogP contribution in [0.5, 0.6) is 5.75 Å². The third-order valence-electron chi connectivity index (χ3n) is 5.00. The van der Waals surface area contributed by atoms with E-state index in [0.29, 0.717) is 22.6 Å². The van der Waals surface area contributed by atoms with Gasteiger partial charge in [-0.25, -0.2) is 4.99 Å². The Morgan fingerprint density at radius 2 is 1.93 bits per heavy atom. The Morgan fingerprint density at radius 3 is 2.40 bits per heavy atom. The maximum absolute atomic E-state index is 14.1. The minimum atomic E-state index is -5.00. The van der Waals surface area contributed by atoms with Crippen LogP contribution >= 0.6 is 11.6 Å². The van der Waals surface area contributed by atoms with Gasteiger partial charge in [0.05, 0.1) is 42.1 Å². The summed E-state index contributed by atoms with van der Waals surface area (Å²) in [4.78, 5) is 6.12. The molecule has 1 atom stereocenters. The Bertz CT molecular complexity index is 943. The van der Waals surface area contributed by atoms with Gasteiger partial charge in [0.2, 0.25) is 5.60 Å². The highest BCUT2D eigenvalue weighted by Gasteiger charge is 2.57. The highest BCUT2D eigenvalue weighted by molar-refractivity contribution is 6.31. The average molecular weight is 447 g/mol. The Morgan fingerprint density at radius 1 is 1.30 bits per heavy atom. The fraction of sp³-hybridized carbons (Fsp3) is 0.500. The van der Waals surface area contributed by atoms with Gasteiger partial charge in [-0.15, -0.1) is 0 Å². The van der Waals surface area contributed by atoms with Crippen molar-refractivity contribution in [3.63, 3.8) is 0 Å². The summed E-state index contributed by atoms with van der Waals surface area (Å²) < 4.78 is 48.7. The normalized spacial score (nSPS) is 14.2. The highest BCUT2D eigenvalue weighted by Crippen LogP contribution is 2.46. The van der Waals surface area contributed by atoms with Crippen molar-refractivity contribution in [1.29, 1.82) is 0 Å². The van der Waals surface area contributed by atoms with Crippen LogP contribution in [0.1, 0.15) is 29.4 Å². The van der Waals surface area contributed by atoms with E-state index in [2.05, 4.69) is 10.1 Å². The van der Waals surface area contributed by atoms with Gasteiger partial charge in [0.15, 0.2) is 0 Å². The van der Waals surface area contributed by atoms with Crippen LogP contribution < -0.4 is 4.74 Å². The van der Waals surface area contributed by atoms with Gasteiger partial charge in [-0.05, 0) is 39.3 Å². The van der Waals surface area contributed by atoms with Crippen LogP contribution in [-0.4, -0.2) is 53.0 Å². The number of alkyl halides is 3. The summed E-state index contributed by atoms with van der Waals surface area (Å²) in [5.74, 6) is -0.126. The molecule has 6 nitrogen and oxygen atoms in total. The lowest BCUT2D eigenvalue weighted by Gasteiger charge is -2.32. The number of aliphatic imine (C=N–C) groups is 1. The van der Waals surface area contributed by atoms with E-state index in [1.54, 1.807) is 27.1 Å². The number of rotatable bonds is 7. The molecule has 1 unspecified atom stereocenters. The van der Waals surface area contributed by atoms with Gasteiger partial charge in [0.1, 0.15) is 5.75 Å². The molecule has 0 amide bonds. The lowest BCUT2D eigenvalue weighted by atomic mass is 9.90. The number of hydrogen-bond donors (Lipinski definition) is 1. The maximum Gasteiger partial charge on any atom is 0.423 e. The van der Waals surface area contributed by atoms with Crippen molar-refractivity contribution in [2.75, 3.05) is 20.7 Å². The molecule has 2 aromatic rings. The molecule has 0 fully saturated rings. The lowest BCUT2D eigenvalue weighted by Crippen LogP contribution is -2.46. The van der Waals surface area contributed by atoms with E-state index in [1.165, 1.54) is 19.2 Å². The first-order chi connectivity index (χ1) is 13.9. The largest absolute Gasteiger partial charge is 0.496 e. The first-order valence-corrected chi connectivity index (χ1v) is 9.65. The van der Waals surface area contributed by atoms with E-state index < -0.39 is 23.9 Å². The molecule has 0 radical (unpaired) electrons. The number of aryl methyl sites for hydroxylation is 2. The van der Waals surface area contributed by atoms with Crippen molar-refractivity contribution >= 4 is 23.6 Å². The second kappa shape index (κ2) is 8.85. The molecule has 0 spiro atoms. The van der Waals surface area contributed by atoms with Gasteiger partial charge in [-0.2, -0.15) is 18.3 Å². The highest BCUT2D eigenvalue weighted by atomic mass is 35.5.